The van der Waals surface area contributed by atoms with Crippen LogP contribution in [0.15, 0.2) is 24.3 Å². The molecular formula is C24H24BNS4. The zero-order chi connectivity index (χ0) is 20.6. The van der Waals surface area contributed by atoms with E-state index in [1.54, 1.807) is 4.88 Å². The molecule has 0 unspecified atom stereocenters. The van der Waals surface area contributed by atoms with Crippen LogP contribution >= 0.6 is 45.3 Å². The second-order valence-corrected chi connectivity index (χ2v) is 13.2. The van der Waals surface area contributed by atoms with E-state index in [9.17, 15) is 0 Å². The molecule has 30 heavy (non-hydrogen) atoms. The largest absolute Gasteiger partial charge is 0.374 e. The molecule has 2 aliphatic heterocycles. The van der Waals surface area contributed by atoms with Crippen LogP contribution in [0.4, 0.5) is 11.4 Å². The van der Waals surface area contributed by atoms with E-state index < -0.39 is 0 Å². The lowest BCUT2D eigenvalue weighted by molar-refractivity contribution is 0.940. The Balaban J connectivity index is 1.66. The second-order valence-electron chi connectivity index (χ2n) is 8.41. The third-order valence-electron chi connectivity index (χ3n) is 6.07. The molecule has 4 aromatic heterocycles. The molecule has 0 aliphatic carbocycles. The van der Waals surface area contributed by atoms with Crippen molar-refractivity contribution in [1.82, 2.24) is 0 Å². The van der Waals surface area contributed by atoms with Gasteiger partial charge in [0.25, 0.3) is 0 Å². The van der Waals surface area contributed by atoms with Crippen molar-refractivity contribution in [3.63, 3.8) is 0 Å². The Hall–Kier alpha value is -1.34. The molecular weight excluding hydrogens is 441 g/mol. The predicted molar refractivity (Wildman–Crippen MR) is 140 cm³/mol. The lowest BCUT2D eigenvalue weighted by Crippen LogP contribution is -2.58. The van der Waals surface area contributed by atoms with Crippen molar-refractivity contribution in [2.75, 3.05) is 4.81 Å². The minimum atomic E-state index is 0.319. The Labute approximate surface area is 195 Å². The van der Waals surface area contributed by atoms with Crippen molar-refractivity contribution in [3.05, 3.63) is 43.8 Å². The molecule has 0 saturated heterocycles. The molecule has 2 aliphatic rings. The first-order valence-corrected chi connectivity index (χ1v) is 14.1. The molecule has 0 amide bonds. The van der Waals surface area contributed by atoms with E-state index in [2.05, 4.69) is 56.8 Å². The summed E-state index contributed by atoms with van der Waals surface area (Å²) in [6.45, 7) is 9.43. The van der Waals surface area contributed by atoms with Gasteiger partial charge in [-0.1, -0.05) is 38.8 Å². The van der Waals surface area contributed by atoms with Crippen LogP contribution in [0.1, 0.15) is 46.2 Å². The molecule has 6 heteroatoms. The summed E-state index contributed by atoms with van der Waals surface area (Å²) in [5.41, 5.74) is 5.92. The highest BCUT2D eigenvalue weighted by Crippen LogP contribution is 2.53. The summed E-state index contributed by atoms with van der Waals surface area (Å²) in [6, 6.07) is 9.92. The van der Waals surface area contributed by atoms with Crippen molar-refractivity contribution in [1.29, 1.82) is 0 Å². The second kappa shape index (κ2) is 7.09. The maximum Gasteiger partial charge on any atom is 0.331 e. The van der Waals surface area contributed by atoms with Gasteiger partial charge in [0, 0.05) is 40.6 Å². The smallest absolute Gasteiger partial charge is 0.331 e. The number of nitrogens with zero attached hydrogens (tertiary/aromatic N) is 1. The summed E-state index contributed by atoms with van der Waals surface area (Å²) < 4.78 is 0. The SMILES string of the molecule is CCCc1cc2c(s1)-c1sc(CCC)cc1N1B2c2cc(C)sc2-c2sc(C)cc21. The quantitative estimate of drug-likeness (QED) is 0.285. The molecule has 0 aromatic carbocycles. The molecule has 6 rings (SSSR count). The Kier molecular flexibility index (Phi) is 4.58. The van der Waals surface area contributed by atoms with Crippen LogP contribution in [0.3, 0.4) is 0 Å². The van der Waals surface area contributed by atoms with Gasteiger partial charge in [-0.3, -0.25) is 0 Å². The molecule has 152 valence electrons. The van der Waals surface area contributed by atoms with Gasteiger partial charge in [0.2, 0.25) is 0 Å². The van der Waals surface area contributed by atoms with E-state index in [1.165, 1.54) is 82.1 Å². The summed E-state index contributed by atoms with van der Waals surface area (Å²) in [4.78, 5) is 14.6. The Morgan fingerprint density at radius 2 is 1.20 bits per heavy atom. The Bertz CT molecular complexity index is 1170. The third-order valence-corrected chi connectivity index (χ3v) is 10.9. The molecule has 6 heterocycles. The maximum absolute atomic E-state index is 2.68. The number of anilines is 2. The number of hydrogen-bond acceptors (Lipinski definition) is 5. The van der Waals surface area contributed by atoms with E-state index in [1.807, 2.05) is 45.3 Å². The summed E-state index contributed by atoms with van der Waals surface area (Å²) in [7, 11) is 0. The van der Waals surface area contributed by atoms with Gasteiger partial charge in [-0.2, -0.15) is 0 Å². The van der Waals surface area contributed by atoms with Gasteiger partial charge in [-0.25, -0.2) is 0 Å². The van der Waals surface area contributed by atoms with Crippen molar-refractivity contribution in [3.8, 4) is 19.5 Å². The fourth-order valence-electron chi connectivity index (χ4n) is 4.96. The van der Waals surface area contributed by atoms with Crippen molar-refractivity contribution in [2.45, 2.75) is 53.4 Å². The standard InChI is InChI=1S/C24H24BNS4/c1-5-7-15-11-18-22(29-15)24-20(12-16(30-24)8-6-2)26-19-10-14(4)28-23(19)21-17(25(18)26)9-13(3)27-21/h9-12H,5-8H2,1-4H3. The number of thiophene rings is 4. The molecule has 1 nitrogen and oxygen atoms in total. The average Bonchev–Trinajstić information content (AvgIpc) is 3.45. The average molecular weight is 466 g/mol. The van der Waals surface area contributed by atoms with Crippen molar-refractivity contribution < 1.29 is 0 Å². The highest BCUT2D eigenvalue weighted by atomic mass is 32.1. The van der Waals surface area contributed by atoms with Gasteiger partial charge in [0.05, 0.1) is 9.75 Å². The van der Waals surface area contributed by atoms with Crippen LogP contribution in [0, 0.1) is 13.8 Å². The topological polar surface area (TPSA) is 3.24 Å². The Morgan fingerprint density at radius 3 is 1.97 bits per heavy atom. The zero-order valence-electron chi connectivity index (χ0n) is 17.8. The van der Waals surface area contributed by atoms with Crippen LogP contribution in [0.2, 0.25) is 0 Å². The van der Waals surface area contributed by atoms with E-state index in [0.717, 1.165) is 0 Å². The lowest BCUT2D eigenvalue weighted by atomic mass is 9.46. The first-order valence-electron chi connectivity index (χ1n) is 10.8. The van der Waals surface area contributed by atoms with Gasteiger partial charge < -0.3 is 4.81 Å². The van der Waals surface area contributed by atoms with Gasteiger partial charge in [0.1, 0.15) is 0 Å². The van der Waals surface area contributed by atoms with Crippen LogP contribution in [0.25, 0.3) is 19.5 Å². The summed E-state index contributed by atoms with van der Waals surface area (Å²) in [6.07, 6.45) is 4.78. The van der Waals surface area contributed by atoms with Crippen molar-refractivity contribution >= 4 is 74.5 Å². The fraction of sp³-hybridized carbons (Fsp3) is 0.333. The van der Waals surface area contributed by atoms with E-state index in [4.69, 9.17) is 0 Å². The number of fused-ring (bicyclic) bond motifs is 11. The minimum absolute atomic E-state index is 0.319. The molecule has 0 saturated carbocycles. The predicted octanol–water partition coefficient (Wildman–Crippen LogP) is 7.36. The van der Waals surface area contributed by atoms with E-state index in [0.29, 0.717) is 6.85 Å². The number of aryl methyl sites for hydroxylation is 4. The van der Waals surface area contributed by atoms with Crippen LogP contribution in [-0.2, 0) is 12.8 Å². The summed E-state index contributed by atoms with van der Waals surface area (Å²) in [5.74, 6) is 0. The van der Waals surface area contributed by atoms with Gasteiger partial charge in [-0.15, -0.1) is 45.3 Å². The van der Waals surface area contributed by atoms with Crippen LogP contribution in [-0.4, -0.2) is 6.85 Å². The number of hydrogen-bond donors (Lipinski definition) is 0. The highest BCUT2D eigenvalue weighted by Gasteiger charge is 2.45. The van der Waals surface area contributed by atoms with Gasteiger partial charge in [-0.05, 0) is 49.7 Å². The lowest BCUT2D eigenvalue weighted by Gasteiger charge is -2.38. The Morgan fingerprint density at radius 1 is 0.667 bits per heavy atom. The molecule has 0 atom stereocenters. The first-order chi connectivity index (χ1) is 14.6. The molecule has 0 fully saturated rings. The molecule has 0 radical (unpaired) electrons. The zero-order valence-corrected chi connectivity index (χ0v) is 21.1. The summed E-state index contributed by atoms with van der Waals surface area (Å²) >= 11 is 8.02. The third kappa shape index (κ3) is 2.70. The molecule has 0 N–H and O–H groups in total. The summed E-state index contributed by atoms with van der Waals surface area (Å²) in [5, 5.41) is 0. The molecule has 0 spiro atoms. The number of rotatable bonds is 4. The maximum atomic E-state index is 2.68. The van der Waals surface area contributed by atoms with Gasteiger partial charge >= 0.3 is 6.85 Å². The molecule has 0 bridgehead atoms. The van der Waals surface area contributed by atoms with Gasteiger partial charge in [0.15, 0.2) is 0 Å². The van der Waals surface area contributed by atoms with Crippen molar-refractivity contribution in [2.24, 2.45) is 0 Å². The minimum Gasteiger partial charge on any atom is -0.374 e. The normalized spacial score (nSPS) is 13.7. The monoisotopic (exact) mass is 465 g/mol. The first kappa shape index (κ1) is 19.4. The molecule has 4 aromatic rings. The van der Waals surface area contributed by atoms with E-state index >= 15 is 0 Å². The van der Waals surface area contributed by atoms with Crippen LogP contribution in [0.5, 0.6) is 0 Å². The fourth-order valence-corrected chi connectivity index (χ4v) is 9.87. The van der Waals surface area contributed by atoms with Crippen LogP contribution < -0.4 is 15.7 Å². The van der Waals surface area contributed by atoms with E-state index in [-0.39, 0.29) is 0 Å². The highest BCUT2D eigenvalue weighted by molar-refractivity contribution is 7.27.